The average Bonchev–Trinajstić information content (AvgIpc) is 2.83. The lowest BCUT2D eigenvalue weighted by Gasteiger charge is -2.10. The van der Waals surface area contributed by atoms with Crippen molar-refractivity contribution in [3.05, 3.63) is 46.5 Å². The third-order valence-electron chi connectivity index (χ3n) is 3.50. The zero-order valence-corrected chi connectivity index (χ0v) is 12.8. The van der Waals surface area contributed by atoms with Gasteiger partial charge in [-0.2, -0.15) is 5.10 Å². The minimum Gasteiger partial charge on any atom is -0.352 e. The van der Waals surface area contributed by atoms with Crippen molar-refractivity contribution in [2.45, 2.75) is 33.4 Å². The number of aryl methyl sites for hydroxylation is 1. The Morgan fingerprint density at radius 1 is 1.27 bits per heavy atom. The normalized spacial score (nSPS) is 11.5. The Morgan fingerprint density at radius 2 is 2.00 bits per heavy atom. The highest BCUT2D eigenvalue weighted by Gasteiger charge is 2.14. The van der Waals surface area contributed by atoms with Gasteiger partial charge in [0.05, 0.1) is 5.52 Å². The third kappa shape index (κ3) is 2.36. The largest absolute Gasteiger partial charge is 0.352 e. The second-order valence-electron chi connectivity index (χ2n) is 5.66. The van der Waals surface area contributed by atoms with Crippen LogP contribution in [0.3, 0.4) is 0 Å². The van der Waals surface area contributed by atoms with Gasteiger partial charge < -0.3 is 5.32 Å². The van der Waals surface area contributed by atoms with E-state index in [0.29, 0.717) is 11.3 Å². The number of nitrogens with zero attached hydrogens (tertiary/aromatic N) is 3. The van der Waals surface area contributed by atoms with E-state index in [1.807, 2.05) is 55.5 Å². The summed E-state index contributed by atoms with van der Waals surface area (Å²) in [5.74, 6) is 0.456. The fourth-order valence-electron chi connectivity index (χ4n) is 2.67. The van der Waals surface area contributed by atoms with Crippen LogP contribution in [0.5, 0.6) is 0 Å². The molecule has 0 saturated heterocycles. The number of carbonyl (C=O) groups is 1. The van der Waals surface area contributed by atoms with Gasteiger partial charge in [-0.1, -0.05) is 18.2 Å². The summed E-state index contributed by atoms with van der Waals surface area (Å²) in [5, 5.41) is 8.02. The molecule has 0 bridgehead atoms. The van der Waals surface area contributed by atoms with Crippen LogP contribution < -0.4 is 10.9 Å². The molecule has 2 aromatic heterocycles. The molecule has 3 rings (SSSR count). The Morgan fingerprint density at radius 3 is 2.73 bits per heavy atom. The summed E-state index contributed by atoms with van der Waals surface area (Å²) in [7, 11) is 0. The van der Waals surface area contributed by atoms with Gasteiger partial charge in [0.2, 0.25) is 5.91 Å². The SMILES string of the molecule is Cc1nn(CC(=O)NC(C)C)c(=O)c2cc3ccccc3n12. The zero-order valence-electron chi connectivity index (χ0n) is 12.8. The van der Waals surface area contributed by atoms with Gasteiger partial charge in [-0.05, 0) is 32.9 Å². The zero-order chi connectivity index (χ0) is 15.9. The maximum absolute atomic E-state index is 12.6. The van der Waals surface area contributed by atoms with Crippen LogP contribution in [-0.2, 0) is 11.3 Å². The number of fused-ring (bicyclic) bond motifs is 3. The van der Waals surface area contributed by atoms with Crippen LogP contribution in [0.15, 0.2) is 35.1 Å². The molecule has 0 aliphatic heterocycles. The molecule has 1 N–H and O–H groups in total. The summed E-state index contributed by atoms with van der Waals surface area (Å²) in [5.41, 5.74) is 1.21. The topological polar surface area (TPSA) is 68.4 Å². The van der Waals surface area contributed by atoms with Gasteiger partial charge in [-0.25, -0.2) is 4.68 Å². The molecular formula is C16H18N4O2. The standard InChI is InChI=1S/C16H18N4O2/c1-10(2)17-15(21)9-19-16(22)14-8-12-6-4-5-7-13(12)20(14)11(3)18-19/h4-8,10H,9H2,1-3H3,(H,17,21). The molecule has 0 unspecified atom stereocenters. The molecule has 22 heavy (non-hydrogen) atoms. The highest BCUT2D eigenvalue weighted by molar-refractivity contribution is 5.87. The monoisotopic (exact) mass is 298 g/mol. The van der Waals surface area contributed by atoms with E-state index in [9.17, 15) is 9.59 Å². The number of amides is 1. The van der Waals surface area contributed by atoms with Crippen molar-refractivity contribution < 1.29 is 4.79 Å². The minimum absolute atomic E-state index is 0.0314. The van der Waals surface area contributed by atoms with E-state index >= 15 is 0 Å². The van der Waals surface area contributed by atoms with Crippen molar-refractivity contribution in [1.82, 2.24) is 19.5 Å². The van der Waals surface area contributed by atoms with Crippen molar-refractivity contribution in [2.24, 2.45) is 0 Å². The number of benzene rings is 1. The molecule has 0 spiro atoms. The Bertz CT molecular complexity index is 921. The van der Waals surface area contributed by atoms with Crippen LogP contribution in [0.1, 0.15) is 19.7 Å². The molecule has 6 heteroatoms. The van der Waals surface area contributed by atoms with E-state index < -0.39 is 0 Å². The third-order valence-corrected chi connectivity index (χ3v) is 3.50. The number of hydrogen-bond acceptors (Lipinski definition) is 3. The summed E-state index contributed by atoms with van der Waals surface area (Å²) >= 11 is 0. The second-order valence-corrected chi connectivity index (χ2v) is 5.66. The van der Waals surface area contributed by atoms with E-state index in [4.69, 9.17) is 0 Å². The first kappa shape index (κ1) is 14.3. The molecule has 0 aliphatic carbocycles. The molecule has 6 nitrogen and oxygen atoms in total. The number of rotatable bonds is 3. The Labute approximate surface area is 127 Å². The molecular weight excluding hydrogens is 280 g/mol. The van der Waals surface area contributed by atoms with Gasteiger partial charge in [-0.3, -0.25) is 14.0 Å². The van der Waals surface area contributed by atoms with Crippen LogP contribution in [0.4, 0.5) is 0 Å². The van der Waals surface area contributed by atoms with E-state index in [1.165, 1.54) is 4.68 Å². The fraction of sp³-hybridized carbons (Fsp3) is 0.312. The lowest BCUT2D eigenvalue weighted by Crippen LogP contribution is -2.37. The quantitative estimate of drug-likeness (QED) is 0.796. The molecule has 114 valence electrons. The molecule has 1 aromatic carbocycles. The van der Waals surface area contributed by atoms with Gasteiger partial charge in [0.15, 0.2) is 0 Å². The summed E-state index contributed by atoms with van der Waals surface area (Å²) in [6.07, 6.45) is 0. The van der Waals surface area contributed by atoms with Crippen LogP contribution in [0, 0.1) is 6.92 Å². The average molecular weight is 298 g/mol. The predicted octanol–water partition coefficient (Wildman–Crippen LogP) is 1.48. The van der Waals surface area contributed by atoms with Crippen LogP contribution in [-0.4, -0.2) is 26.1 Å². The highest BCUT2D eigenvalue weighted by atomic mass is 16.2. The molecule has 0 aliphatic rings. The molecule has 0 radical (unpaired) electrons. The molecule has 0 atom stereocenters. The van der Waals surface area contributed by atoms with Gasteiger partial charge in [0.25, 0.3) is 5.56 Å². The van der Waals surface area contributed by atoms with Crippen LogP contribution >= 0.6 is 0 Å². The summed E-state index contributed by atoms with van der Waals surface area (Å²) < 4.78 is 3.05. The smallest absolute Gasteiger partial charge is 0.291 e. The van der Waals surface area contributed by atoms with E-state index in [1.54, 1.807) is 0 Å². The molecule has 1 amide bonds. The predicted molar refractivity (Wildman–Crippen MR) is 85.0 cm³/mol. The van der Waals surface area contributed by atoms with Gasteiger partial charge in [-0.15, -0.1) is 0 Å². The molecule has 2 heterocycles. The van der Waals surface area contributed by atoms with Crippen molar-refractivity contribution in [2.75, 3.05) is 0 Å². The van der Waals surface area contributed by atoms with Crippen molar-refractivity contribution in [1.29, 1.82) is 0 Å². The Hall–Kier alpha value is -2.63. The number of nitrogens with one attached hydrogen (secondary N) is 1. The van der Waals surface area contributed by atoms with E-state index in [2.05, 4.69) is 10.4 Å². The van der Waals surface area contributed by atoms with Gasteiger partial charge >= 0.3 is 0 Å². The first-order chi connectivity index (χ1) is 10.5. The maximum Gasteiger partial charge on any atom is 0.291 e. The second kappa shape index (κ2) is 5.29. The van der Waals surface area contributed by atoms with Gasteiger partial charge in [0, 0.05) is 11.4 Å². The summed E-state index contributed by atoms with van der Waals surface area (Å²) in [4.78, 5) is 24.4. The summed E-state index contributed by atoms with van der Waals surface area (Å²) in [6.45, 7) is 5.51. The minimum atomic E-state index is -0.263. The Balaban J connectivity index is 2.14. The van der Waals surface area contributed by atoms with Crippen molar-refractivity contribution in [3.8, 4) is 0 Å². The first-order valence-corrected chi connectivity index (χ1v) is 7.24. The van der Waals surface area contributed by atoms with E-state index in [-0.39, 0.29) is 24.1 Å². The van der Waals surface area contributed by atoms with Crippen LogP contribution in [0.2, 0.25) is 0 Å². The number of hydrogen-bond donors (Lipinski definition) is 1. The molecule has 0 saturated carbocycles. The number of carbonyl (C=O) groups excluding carboxylic acids is 1. The maximum atomic E-state index is 12.6. The lowest BCUT2D eigenvalue weighted by molar-refractivity contribution is -0.122. The molecule has 3 aromatic rings. The molecule has 0 fully saturated rings. The van der Waals surface area contributed by atoms with Crippen LogP contribution in [0.25, 0.3) is 16.4 Å². The van der Waals surface area contributed by atoms with Crippen molar-refractivity contribution in [3.63, 3.8) is 0 Å². The first-order valence-electron chi connectivity index (χ1n) is 7.24. The Kier molecular flexibility index (Phi) is 3.44. The van der Waals surface area contributed by atoms with Crippen molar-refractivity contribution >= 4 is 22.3 Å². The lowest BCUT2D eigenvalue weighted by atomic mass is 10.2. The van der Waals surface area contributed by atoms with Gasteiger partial charge in [0.1, 0.15) is 17.9 Å². The van der Waals surface area contributed by atoms with E-state index in [0.717, 1.165) is 10.9 Å². The fourth-order valence-corrected chi connectivity index (χ4v) is 2.67. The number of para-hydroxylation sites is 1. The summed E-state index contributed by atoms with van der Waals surface area (Å²) in [6, 6.07) is 9.63. The number of aromatic nitrogens is 3. The highest BCUT2D eigenvalue weighted by Crippen LogP contribution is 2.18.